The second kappa shape index (κ2) is 6.40. The molecule has 0 aliphatic heterocycles. The van der Waals surface area contributed by atoms with Crippen LogP contribution in [0.2, 0.25) is 0 Å². The van der Waals surface area contributed by atoms with E-state index >= 15 is 0 Å². The van der Waals surface area contributed by atoms with E-state index in [2.05, 4.69) is 10.2 Å². The molecule has 0 saturated heterocycles. The van der Waals surface area contributed by atoms with E-state index < -0.39 is 0 Å². The molecule has 1 aromatic carbocycles. The zero-order valence-corrected chi connectivity index (χ0v) is 11.0. The molecule has 0 unspecified atom stereocenters. The quantitative estimate of drug-likeness (QED) is 0.754. The van der Waals surface area contributed by atoms with Gasteiger partial charge in [-0.05, 0) is 25.5 Å². The van der Waals surface area contributed by atoms with Crippen molar-refractivity contribution in [1.29, 1.82) is 0 Å². The third-order valence-electron chi connectivity index (χ3n) is 2.42. The van der Waals surface area contributed by atoms with Gasteiger partial charge in [-0.3, -0.25) is 0 Å². The molecule has 0 fully saturated rings. The lowest BCUT2D eigenvalue weighted by atomic mass is 10.2. The third kappa shape index (κ3) is 3.74. The van der Waals surface area contributed by atoms with E-state index in [1.54, 1.807) is 0 Å². The van der Waals surface area contributed by atoms with E-state index in [0.29, 0.717) is 24.1 Å². The second-order valence-electron chi connectivity index (χ2n) is 3.98. The average molecular weight is 267 g/mol. The zero-order valence-electron chi connectivity index (χ0n) is 10.2. The van der Waals surface area contributed by atoms with Gasteiger partial charge in [0.1, 0.15) is 5.75 Å². The van der Waals surface area contributed by atoms with Crippen molar-refractivity contribution in [3.63, 3.8) is 0 Å². The van der Waals surface area contributed by atoms with Gasteiger partial charge in [-0.25, -0.2) is 0 Å². The van der Waals surface area contributed by atoms with Crippen LogP contribution in [-0.2, 0) is 13.0 Å². The van der Waals surface area contributed by atoms with Crippen LogP contribution < -0.4 is 4.74 Å². The molecule has 0 N–H and O–H groups in total. The minimum Gasteiger partial charge on any atom is -0.484 e. The minimum atomic E-state index is 0.289. The predicted molar refractivity (Wildman–Crippen MR) is 68.9 cm³/mol. The van der Waals surface area contributed by atoms with Crippen LogP contribution in [0.25, 0.3) is 0 Å². The first kappa shape index (κ1) is 12.9. The normalized spacial score (nSPS) is 10.6. The molecule has 0 amide bonds. The number of aryl methyl sites for hydroxylation is 2. The van der Waals surface area contributed by atoms with Gasteiger partial charge in [-0.1, -0.05) is 17.7 Å². The molecular formula is C13H15ClN2O2. The summed E-state index contributed by atoms with van der Waals surface area (Å²) in [5.41, 5.74) is 1.20. The molecule has 0 atom stereocenters. The molecule has 4 nitrogen and oxygen atoms in total. The lowest BCUT2D eigenvalue weighted by Crippen LogP contribution is -1.95. The first-order chi connectivity index (χ1) is 8.78. The Hall–Kier alpha value is -1.55. The Kier molecular flexibility index (Phi) is 4.59. The maximum atomic E-state index is 5.60. The second-order valence-corrected chi connectivity index (χ2v) is 4.36. The Morgan fingerprint density at radius 1 is 1.17 bits per heavy atom. The van der Waals surface area contributed by atoms with E-state index in [4.69, 9.17) is 20.8 Å². The molecule has 0 aliphatic carbocycles. The lowest BCUT2D eigenvalue weighted by molar-refractivity contribution is 0.259. The molecular weight excluding hydrogens is 252 g/mol. The number of benzene rings is 1. The van der Waals surface area contributed by atoms with E-state index in [1.165, 1.54) is 5.56 Å². The van der Waals surface area contributed by atoms with Crippen molar-refractivity contribution in [2.75, 3.05) is 5.88 Å². The highest BCUT2D eigenvalue weighted by molar-refractivity contribution is 6.17. The summed E-state index contributed by atoms with van der Waals surface area (Å²) in [5.74, 6) is 2.48. The van der Waals surface area contributed by atoms with Crippen molar-refractivity contribution in [2.45, 2.75) is 26.4 Å². The molecule has 2 rings (SSSR count). The Morgan fingerprint density at radius 2 is 1.89 bits per heavy atom. The highest BCUT2D eigenvalue weighted by Gasteiger charge is 2.06. The number of rotatable bonds is 6. The topological polar surface area (TPSA) is 48.2 Å². The summed E-state index contributed by atoms with van der Waals surface area (Å²) in [6.45, 7) is 2.32. The van der Waals surface area contributed by atoms with Crippen LogP contribution in [0.3, 0.4) is 0 Å². The number of ether oxygens (including phenoxy) is 1. The Bertz CT molecular complexity index is 482. The molecule has 0 radical (unpaired) electrons. The number of nitrogens with zero attached hydrogens (tertiary/aromatic N) is 2. The highest BCUT2D eigenvalue weighted by Crippen LogP contribution is 2.13. The predicted octanol–water partition coefficient (Wildman–Crippen LogP) is 3.13. The SMILES string of the molecule is Cc1ccc(OCc2nnc(CCCCl)o2)cc1. The van der Waals surface area contributed by atoms with Gasteiger partial charge in [-0.2, -0.15) is 0 Å². The Morgan fingerprint density at radius 3 is 2.61 bits per heavy atom. The molecule has 1 heterocycles. The molecule has 18 heavy (non-hydrogen) atoms. The van der Waals surface area contributed by atoms with Crippen molar-refractivity contribution >= 4 is 11.6 Å². The fourth-order valence-electron chi connectivity index (χ4n) is 1.45. The van der Waals surface area contributed by atoms with Crippen LogP contribution in [0, 0.1) is 6.92 Å². The van der Waals surface area contributed by atoms with Crippen molar-refractivity contribution in [3.8, 4) is 5.75 Å². The monoisotopic (exact) mass is 266 g/mol. The van der Waals surface area contributed by atoms with Gasteiger partial charge >= 0.3 is 0 Å². The highest BCUT2D eigenvalue weighted by atomic mass is 35.5. The van der Waals surface area contributed by atoms with Gasteiger partial charge < -0.3 is 9.15 Å². The van der Waals surface area contributed by atoms with Gasteiger partial charge in [0.25, 0.3) is 5.89 Å². The zero-order chi connectivity index (χ0) is 12.8. The molecule has 1 aromatic heterocycles. The third-order valence-corrected chi connectivity index (χ3v) is 2.68. The van der Waals surface area contributed by atoms with Crippen LogP contribution in [-0.4, -0.2) is 16.1 Å². The molecule has 0 spiro atoms. The molecule has 5 heteroatoms. The maximum Gasteiger partial charge on any atom is 0.253 e. The first-order valence-corrected chi connectivity index (χ1v) is 6.38. The molecule has 0 saturated carbocycles. The lowest BCUT2D eigenvalue weighted by Gasteiger charge is -2.02. The molecule has 2 aromatic rings. The van der Waals surface area contributed by atoms with Crippen molar-refractivity contribution in [3.05, 3.63) is 41.6 Å². The average Bonchev–Trinajstić information content (AvgIpc) is 2.84. The summed E-state index contributed by atoms with van der Waals surface area (Å²) in [7, 11) is 0. The van der Waals surface area contributed by atoms with Crippen LogP contribution in [0.4, 0.5) is 0 Å². The van der Waals surface area contributed by atoms with Gasteiger partial charge in [0.15, 0.2) is 6.61 Å². The maximum absolute atomic E-state index is 5.60. The summed E-state index contributed by atoms with van der Waals surface area (Å²) in [6.07, 6.45) is 1.54. The summed E-state index contributed by atoms with van der Waals surface area (Å²) < 4.78 is 11.0. The van der Waals surface area contributed by atoms with E-state index in [-0.39, 0.29) is 6.61 Å². The summed E-state index contributed by atoms with van der Waals surface area (Å²) in [4.78, 5) is 0. The van der Waals surface area contributed by atoms with E-state index in [1.807, 2.05) is 31.2 Å². The van der Waals surface area contributed by atoms with Crippen molar-refractivity contribution < 1.29 is 9.15 Å². The molecule has 0 aliphatic rings. The smallest absolute Gasteiger partial charge is 0.253 e. The Labute approximate surface area is 111 Å². The number of hydrogen-bond acceptors (Lipinski definition) is 4. The van der Waals surface area contributed by atoms with Crippen LogP contribution in [0.5, 0.6) is 5.75 Å². The van der Waals surface area contributed by atoms with E-state index in [0.717, 1.165) is 12.2 Å². The number of alkyl halides is 1. The van der Waals surface area contributed by atoms with Gasteiger partial charge in [0, 0.05) is 12.3 Å². The van der Waals surface area contributed by atoms with Crippen LogP contribution in [0.15, 0.2) is 28.7 Å². The van der Waals surface area contributed by atoms with E-state index in [9.17, 15) is 0 Å². The number of aromatic nitrogens is 2. The van der Waals surface area contributed by atoms with Gasteiger partial charge in [-0.15, -0.1) is 21.8 Å². The fraction of sp³-hybridized carbons (Fsp3) is 0.385. The van der Waals surface area contributed by atoms with Crippen LogP contribution in [0.1, 0.15) is 23.8 Å². The van der Waals surface area contributed by atoms with Gasteiger partial charge in [0.2, 0.25) is 5.89 Å². The number of hydrogen-bond donors (Lipinski definition) is 0. The largest absolute Gasteiger partial charge is 0.484 e. The molecule has 0 bridgehead atoms. The number of halogens is 1. The standard InChI is InChI=1S/C13H15ClN2O2/c1-10-4-6-11(7-5-10)17-9-13-16-15-12(18-13)3-2-8-14/h4-7H,2-3,8-9H2,1H3. The molecule has 96 valence electrons. The Balaban J connectivity index is 1.86. The van der Waals surface area contributed by atoms with Gasteiger partial charge in [0.05, 0.1) is 0 Å². The fourth-order valence-corrected chi connectivity index (χ4v) is 1.58. The summed E-state index contributed by atoms with van der Waals surface area (Å²) in [6, 6.07) is 7.82. The minimum absolute atomic E-state index is 0.289. The summed E-state index contributed by atoms with van der Waals surface area (Å²) >= 11 is 5.60. The van der Waals surface area contributed by atoms with Crippen LogP contribution >= 0.6 is 11.6 Å². The first-order valence-electron chi connectivity index (χ1n) is 5.84. The van der Waals surface area contributed by atoms with Crippen molar-refractivity contribution in [2.24, 2.45) is 0 Å². The summed E-state index contributed by atoms with van der Waals surface area (Å²) in [5, 5.41) is 7.84. The van der Waals surface area contributed by atoms with Crippen molar-refractivity contribution in [1.82, 2.24) is 10.2 Å².